The molecule has 3 rings (SSSR count). The number of ether oxygens (including phenoxy) is 1. The van der Waals surface area contributed by atoms with Gasteiger partial charge in [-0.2, -0.15) is 4.39 Å². The number of carbonyl (C=O) groups is 2. The number of hydrogen-bond donors (Lipinski definition) is 2. The number of carboxylic acid groups (broad SMARTS) is 1. The lowest BCUT2D eigenvalue weighted by Gasteiger charge is -2.20. The Balaban J connectivity index is 1.82. The number of anilines is 1. The third-order valence-electron chi connectivity index (χ3n) is 3.90. The fourth-order valence-corrected chi connectivity index (χ4v) is 2.87. The van der Waals surface area contributed by atoms with E-state index in [9.17, 15) is 29.2 Å². The number of nitro groups is 1. The van der Waals surface area contributed by atoms with Crippen LogP contribution in [0.4, 0.5) is 15.8 Å². The topological polar surface area (TPSA) is 119 Å². The molecule has 0 spiro atoms. The van der Waals surface area contributed by atoms with Crippen LogP contribution >= 0.6 is 0 Å². The van der Waals surface area contributed by atoms with E-state index in [1.807, 2.05) is 0 Å². The second kappa shape index (κ2) is 5.43. The van der Waals surface area contributed by atoms with Gasteiger partial charge in [0.2, 0.25) is 11.7 Å². The van der Waals surface area contributed by atoms with E-state index in [2.05, 4.69) is 5.32 Å². The average Bonchev–Trinajstić information content (AvgIpc) is 3.09. The number of nitro benzene ring substituents is 1. The van der Waals surface area contributed by atoms with Gasteiger partial charge in [-0.1, -0.05) is 12.2 Å². The van der Waals surface area contributed by atoms with Crippen LogP contribution in [0.25, 0.3) is 0 Å². The number of nitrogens with zero attached hydrogens (tertiary/aromatic N) is 1. The SMILES string of the molecule is O=C(O)[C@@H]1[C@H](C(=O)Nc2ccc(F)c([N+](=O)[O-])c2)[C@H]2C=C[C@H]1O2. The van der Waals surface area contributed by atoms with E-state index < -0.39 is 52.3 Å². The summed E-state index contributed by atoms with van der Waals surface area (Å²) in [5.74, 6) is -4.81. The summed E-state index contributed by atoms with van der Waals surface area (Å²) in [5, 5.41) is 22.3. The third kappa shape index (κ3) is 2.55. The van der Waals surface area contributed by atoms with E-state index in [-0.39, 0.29) is 5.69 Å². The Bertz CT molecular complexity index is 734. The largest absolute Gasteiger partial charge is 0.481 e. The summed E-state index contributed by atoms with van der Waals surface area (Å²) in [6, 6.07) is 2.91. The van der Waals surface area contributed by atoms with Gasteiger partial charge in [-0.05, 0) is 12.1 Å². The molecule has 9 heteroatoms. The maximum Gasteiger partial charge on any atom is 0.310 e. The Hall–Kier alpha value is -2.81. The fraction of sp³-hybridized carbons (Fsp3) is 0.286. The molecule has 1 aromatic rings. The first-order chi connectivity index (χ1) is 10.9. The molecule has 23 heavy (non-hydrogen) atoms. The maximum absolute atomic E-state index is 13.3. The van der Waals surface area contributed by atoms with Gasteiger partial charge in [0, 0.05) is 11.8 Å². The number of benzene rings is 1. The molecular weight excluding hydrogens is 311 g/mol. The molecule has 0 aliphatic carbocycles. The van der Waals surface area contributed by atoms with Gasteiger partial charge in [-0.15, -0.1) is 0 Å². The first kappa shape index (κ1) is 15.1. The number of rotatable bonds is 4. The number of halogens is 1. The zero-order valence-electron chi connectivity index (χ0n) is 11.5. The normalized spacial score (nSPS) is 27.9. The smallest absolute Gasteiger partial charge is 0.310 e. The molecule has 2 aliphatic rings. The van der Waals surface area contributed by atoms with Crippen molar-refractivity contribution in [3.63, 3.8) is 0 Å². The van der Waals surface area contributed by atoms with Crippen LogP contribution in [0.1, 0.15) is 0 Å². The van der Waals surface area contributed by atoms with Gasteiger partial charge in [0.15, 0.2) is 0 Å². The molecule has 2 heterocycles. The molecular formula is C14H11FN2O6. The molecule has 1 fully saturated rings. The van der Waals surface area contributed by atoms with E-state index in [1.54, 1.807) is 12.2 Å². The van der Waals surface area contributed by atoms with Crippen molar-refractivity contribution in [2.45, 2.75) is 12.2 Å². The monoisotopic (exact) mass is 322 g/mol. The van der Waals surface area contributed by atoms with E-state index in [0.717, 1.165) is 12.1 Å². The third-order valence-corrected chi connectivity index (χ3v) is 3.90. The molecule has 1 aromatic carbocycles. The van der Waals surface area contributed by atoms with Crippen molar-refractivity contribution < 1.29 is 28.7 Å². The van der Waals surface area contributed by atoms with Crippen molar-refractivity contribution in [1.82, 2.24) is 0 Å². The molecule has 0 aromatic heterocycles. The molecule has 0 radical (unpaired) electrons. The average molecular weight is 322 g/mol. The molecule has 120 valence electrons. The highest BCUT2D eigenvalue weighted by Gasteiger charge is 2.53. The summed E-state index contributed by atoms with van der Waals surface area (Å²) in [7, 11) is 0. The minimum atomic E-state index is -1.16. The second-order valence-corrected chi connectivity index (χ2v) is 5.25. The van der Waals surface area contributed by atoms with Crippen LogP contribution in [-0.4, -0.2) is 34.1 Å². The van der Waals surface area contributed by atoms with E-state index in [4.69, 9.17) is 4.74 Å². The lowest BCUT2D eigenvalue weighted by molar-refractivity contribution is -0.387. The zero-order chi connectivity index (χ0) is 16.7. The highest BCUT2D eigenvalue weighted by molar-refractivity contribution is 5.96. The quantitative estimate of drug-likeness (QED) is 0.490. The molecule has 1 amide bonds. The Morgan fingerprint density at radius 1 is 1.26 bits per heavy atom. The van der Waals surface area contributed by atoms with Crippen molar-refractivity contribution in [2.24, 2.45) is 11.8 Å². The van der Waals surface area contributed by atoms with Gasteiger partial charge in [-0.25, -0.2) is 0 Å². The number of carbonyl (C=O) groups excluding carboxylic acids is 1. The maximum atomic E-state index is 13.3. The van der Waals surface area contributed by atoms with Gasteiger partial charge in [0.05, 0.1) is 23.0 Å². The molecule has 0 saturated carbocycles. The summed E-state index contributed by atoms with van der Waals surface area (Å²) in [6.07, 6.45) is 1.88. The molecule has 1 saturated heterocycles. The summed E-state index contributed by atoms with van der Waals surface area (Å²) >= 11 is 0. The molecule has 2 N–H and O–H groups in total. The van der Waals surface area contributed by atoms with Crippen LogP contribution < -0.4 is 5.32 Å². The number of nitrogens with one attached hydrogen (secondary N) is 1. The van der Waals surface area contributed by atoms with E-state index in [1.165, 1.54) is 6.07 Å². The van der Waals surface area contributed by atoms with Crippen LogP contribution in [0.5, 0.6) is 0 Å². The van der Waals surface area contributed by atoms with E-state index >= 15 is 0 Å². The van der Waals surface area contributed by atoms with Crippen LogP contribution in [0.2, 0.25) is 0 Å². The predicted molar refractivity (Wildman–Crippen MR) is 74.1 cm³/mol. The molecule has 0 unspecified atom stereocenters. The van der Waals surface area contributed by atoms with Crippen LogP contribution in [0, 0.1) is 27.8 Å². The van der Waals surface area contributed by atoms with Crippen molar-refractivity contribution >= 4 is 23.3 Å². The Morgan fingerprint density at radius 3 is 2.52 bits per heavy atom. The van der Waals surface area contributed by atoms with Gasteiger partial charge < -0.3 is 15.2 Å². The molecule has 2 aliphatic heterocycles. The number of hydrogen-bond acceptors (Lipinski definition) is 5. The van der Waals surface area contributed by atoms with Crippen molar-refractivity contribution in [3.05, 3.63) is 46.3 Å². The number of amides is 1. The summed E-state index contributed by atoms with van der Waals surface area (Å²) < 4.78 is 18.7. The number of aliphatic carboxylic acids is 1. The predicted octanol–water partition coefficient (Wildman–Crippen LogP) is 1.33. The molecule has 4 atom stereocenters. The lowest BCUT2D eigenvalue weighted by Crippen LogP contribution is -2.39. The van der Waals surface area contributed by atoms with Gasteiger partial charge in [-0.3, -0.25) is 19.7 Å². The Kier molecular flexibility index (Phi) is 3.57. The first-order valence-corrected chi connectivity index (χ1v) is 6.70. The number of carboxylic acids is 1. The van der Waals surface area contributed by atoms with Gasteiger partial charge in [0.1, 0.15) is 5.92 Å². The highest BCUT2D eigenvalue weighted by Crippen LogP contribution is 2.40. The van der Waals surface area contributed by atoms with Crippen molar-refractivity contribution in [1.29, 1.82) is 0 Å². The first-order valence-electron chi connectivity index (χ1n) is 6.70. The minimum absolute atomic E-state index is 0.0130. The standard InChI is InChI=1S/C14H11FN2O6/c15-7-2-1-6(5-8(7)17(21)22)16-13(18)11-9-3-4-10(23-9)12(11)14(19)20/h1-5,9-12H,(H,16,18)(H,19,20)/t9-,10-,11-,12+/m1/s1. The summed E-state index contributed by atoms with van der Waals surface area (Å²) in [5.41, 5.74) is -0.763. The highest BCUT2D eigenvalue weighted by atomic mass is 19.1. The van der Waals surface area contributed by atoms with Gasteiger partial charge >= 0.3 is 11.7 Å². The Labute approximate surface area is 128 Å². The minimum Gasteiger partial charge on any atom is -0.481 e. The fourth-order valence-electron chi connectivity index (χ4n) is 2.87. The van der Waals surface area contributed by atoms with Crippen molar-refractivity contribution in [2.75, 3.05) is 5.32 Å². The van der Waals surface area contributed by atoms with Crippen LogP contribution in [0.15, 0.2) is 30.4 Å². The van der Waals surface area contributed by atoms with Crippen LogP contribution in [-0.2, 0) is 14.3 Å². The van der Waals surface area contributed by atoms with E-state index in [0.29, 0.717) is 0 Å². The molecule has 8 nitrogen and oxygen atoms in total. The summed E-state index contributed by atoms with van der Waals surface area (Å²) in [4.78, 5) is 33.4. The Morgan fingerprint density at radius 2 is 1.91 bits per heavy atom. The summed E-state index contributed by atoms with van der Waals surface area (Å²) in [6.45, 7) is 0. The second-order valence-electron chi connectivity index (χ2n) is 5.25. The molecule has 2 bridgehead atoms. The lowest BCUT2D eigenvalue weighted by atomic mass is 9.82. The van der Waals surface area contributed by atoms with Gasteiger partial charge in [0.25, 0.3) is 0 Å². The number of fused-ring (bicyclic) bond motifs is 2. The van der Waals surface area contributed by atoms with Crippen LogP contribution in [0.3, 0.4) is 0 Å². The zero-order valence-corrected chi connectivity index (χ0v) is 11.5. The van der Waals surface area contributed by atoms with Crippen molar-refractivity contribution in [3.8, 4) is 0 Å².